The van der Waals surface area contributed by atoms with Gasteiger partial charge in [0.1, 0.15) is 17.2 Å². The number of benzene rings is 2. The van der Waals surface area contributed by atoms with E-state index in [2.05, 4.69) is 0 Å². The van der Waals surface area contributed by atoms with Gasteiger partial charge in [-0.25, -0.2) is 8.78 Å². The molecule has 1 aliphatic rings. The van der Waals surface area contributed by atoms with Crippen molar-refractivity contribution in [2.45, 2.75) is 45.6 Å². The van der Waals surface area contributed by atoms with Crippen LogP contribution in [-0.4, -0.2) is 29.8 Å². The Labute approximate surface area is 170 Å². The van der Waals surface area contributed by atoms with Crippen molar-refractivity contribution in [2.24, 2.45) is 0 Å². The number of halogens is 2. The molecule has 0 fully saturated rings. The molecule has 3 rings (SSSR count). The number of anilines is 1. The lowest BCUT2D eigenvalue weighted by atomic mass is 10.1. The Kier molecular flexibility index (Phi) is 6.96. The molecular weight excluding hydrogens is 374 g/mol. The first-order chi connectivity index (χ1) is 14.0. The third-order valence-corrected chi connectivity index (χ3v) is 5.30. The third-order valence-electron chi connectivity index (χ3n) is 5.30. The third kappa shape index (κ3) is 5.00. The molecule has 6 heteroatoms. The van der Waals surface area contributed by atoms with E-state index in [0.717, 1.165) is 55.5 Å². The van der Waals surface area contributed by atoms with Crippen LogP contribution >= 0.6 is 0 Å². The summed E-state index contributed by atoms with van der Waals surface area (Å²) >= 11 is 0. The molecule has 0 saturated heterocycles. The molecule has 2 amide bonds. The standard InChI is InChI=1S/C23H26F2N2O2/c1-17(28)27-15-8-4-2-3-7-14-26(16-18-10-5-6-13-21(18)27)23(29)22-19(24)11-9-12-20(22)25/h5-6,9-13H,2-4,7-8,14-16H2,1H3. The summed E-state index contributed by atoms with van der Waals surface area (Å²) < 4.78 is 28.5. The Morgan fingerprint density at radius 3 is 2.14 bits per heavy atom. The molecule has 0 atom stereocenters. The van der Waals surface area contributed by atoms with E-state index in [0.29, 0.717) is 13.1 Å². The van der Waals surface area contributed by atoms with E-state index in [1.54, 1.807) is 4.90 Å². The molecule has 1 heterocycles. The smallest absolute Gasteiger partial charge is 0.260 e. The van der Waals surface area contributed by atoms with Crippen LogP contribution < -0.4 is 4.90 Å². The van der Waals surface area contributed by atoms with Crippen LogP contribution in [0.2, 0.25) is 0 Å². The van der Waals surface area contributed by atoms with Crippen LogP contribution in [0.3, 0.4) is 0 Å². The van der Waals surface area contributed by atoms with Crippen molar-refractivity contribution < 1.29 is 18.4 Å². The van der Waals surface area contributed by atoms with Crippen molar-refractivity contribution in [2.75, 3.05) is 18.0 Å². The van der Waals surface area contributed by atoms with Gasteiger partial charge in [-0.2, -0.15) is 0 Å². The van der Waals surface area contributed by atoms with Crippen LogP contribution in [0.5, 0.6) is 0 Å². The maximum atomic E-state index is 14.2. The van der Waals surface area contributed by atoms with Gasteiger partial charge in [-0.15, -0.1) is 0 Å². The Bertz CT molecular complexity index is 865. The summed E-state index contributed by atoms with van der Waals surface area (Å²) in [6.07, 6.45) is 4.58. The summed E-state index contributed by atoms with van der Waals surface area (Å²) in [4.78, 5) is 28.5. The van der Waals surface area contributed by atoms with Gasteiger partial charge in [0.2, 0.25) is 5.91 Å². The predicted molar refractivity (Wildman–Crippen MR) is 109 cm³/mol. The fourth-order valence-electron chi connectivity index (χ4n) is 3.78. The Morgan fingerprint density at radius 2 is 1.45 bits per heavy atom. The van der Waals surface area contributed by atoms with Gasteiger partial charge >= 0.3 is 0 Å². The van der Waals surface area contributed by atoms with E-state index >= 15 is 0 Å². The average Bonchev–Trinajstić information content (AvgIpc) is 2.68. The number of nitrogens with zero attached hydrogens (tertiary/aromatic N) is 2. The molecule has 29 heavy (non-hydrogen) atoms. The zero-order valence-electron chi connectivity index (χ0n) is 16.7. The minimum Gasteiger partial charge on any atom is -0.334 e. The molecule has 0 unspecified atom stereocenters. The van der Waals surface area contributed by atoms with Crippen molar-refractivity contribution in [3.05, 3.63) is 65.2 Å². The van der Waals surface area contributed by atoms with Crippen molar-refractivity contribution in [1.82, 2.24) is 4.90 Å². The Balaban J connectivity index is 1.99. The summed E-state index contributed by atoms with van der Waals surface area (Å²) in [6, 6.07) is 10.8. The molecule has 1 aliphatic heterocycles. The normalized spacial score (nSPS) is 15.8. The van der Waals surface area contributed by atoms with Crippen LogP contribution in [0.1, 0.15) is 54.9 Å². The highest BCUT2D eigenvalue weighted by atomic mass is 19.1. The zero-order valence-corrected chi connectivity index (χ0v) is 16.7. The molecule has 154 valence electrons. The number of hydrogen-bond acceptors (Lipinski definition) is 2. The molecule has 0 saturated carbocycles. The topological polar surface area (TPSA) is 40.6 Å². The molecular formula is C23H26F2N2O2. The maximum Gasteiger partial charge on any atom is 0.260 e. The highest BCUT2D eigenvalue weighted by Gasteiger charge is 2.25. The van der Waals surface area contributed by atoms with Crippen molar-refractivity contribution in [1.29, 1.82) is 0 Å². The van der Waals surface area contributed by atoms with E-state index in [4.69, 9.17) is 0 Å². The van der Waals surface area contributed by atoms with Crippen molar-refractivity contribution >= 4 is 17.5 Å². The van der Waals surface area contributed by atoms with Gasteiger partial charge in [-0.1, -0.05) is 43.5 Å². The molecule has 0 N–H and O–H groups in total. The first-order valence-corrected chi connectivity index (χ1v) is 10.1. The summed E-state index contributed by atoms with van der Waals surface area (Å²) in [5, 5.41) is 0. The monoisotopic (exact) mass is 400 g/mol. The fraction of sp³-hybridized carbons (Fsp3) is 0.391. The first-order valence-electron chi connectivity index (χ1n) is 10.1. The number of amides is 2. The number of carbonyl (C=O) groups excluding carboxylic acids is 2. The van der Waals surface area contributed by atoms with Gasteiger partial charge in [0.25, 0.3) is 5.91 Å². The number of para-hydroxylation sites is 1. The van der Waals surface area contributed by atoms with Crippen LogP contribution in [0.25, 0.3) is 0 Å². The fourth-order valence-corrected chi connectivity index (χ4v) is 3.78. The molecule has 0 radical (unpaired) electrons. The molecule has 0 aliphatic carbocycles. The minimum absolute atomic E-state index is 0.0625. The van der Waals surface area contributed by atoms with E-state index in [1.807, 2.05) is 24.3 Å². The second-order valence-corrected chi connectivity index (χ2v) is 7.39. The van der Waals surface area contributed by atoms with Gasteiger partial charge in [-0.05, 0) is 36.6 Å². The zero-order chi connectivity index (χ0) is 20.8. The largest absolute Gasteiger partial charge is 0.334 e. The van der Waals surface area contributed by atoms with Crippen LogP contribution in [-0.2, 0) is 11.3 Å². The number of hydrogen-bond donors (Lipinski definition) is 0. The summed E-state index contributed by atoms with van der Waals surface area (Å²) in [5.41, 5.74) is 1.00. The van der Waals surface area contributed by atoms with Crippen LogP contribution in [0, 0.1) is 11.6 Å². The molecule has 2 aromatic carbocycles. The quantitative estimate of drug-likeness (QED) is 0.681. The van der Waals surface area contributed by atoms with Gasteiger partial charge in [0, 0.05) is 32.2 Å². The summed E-state index contributed by atoms with van der Waals surface area (Å²) in [6.45, 7) is 2.73. The average molecular weight is 400 g/mol. The summed E-state index contributed by atoms with van der Waals surface area (Å²) in [5.74, 6) is -2.45. The lowest BCUT2D eigenvalue weighted by Gasteiger charge is -2.29. The maximum absolute atomic E-state index is 14.2. The molecule has 4 nitrogen and oxygen atoms in total. The molecule has 0 aromatic heterocycles. The van der Waals surface area contributed by atoms with E-state index in [1.165, 1.54) is 17.9 Å². The van der Waals surface area contributed by atoms with Crippen LogP contribution in [0.4, 0.5) is 14.5 Å². The minimum atomic E-state index is -0.861. The van der Waals surface area contributed by atoms with Gasteiger partial charge in [0.05, 0.1) is 0 Å². The van der Waals surface area contributed by atoms with Crippen molar-refractivity contribution in [3.8, 4) is 0 Å². The second-order valence-electron chi connectivity index (χ2n) is 7.39. The van der Waals surface area contributed by atoms with Crippen LogP contribution in [0.15, 0.2) is 42.5 Å². The van der Waals surface area contributed by atoms with E-state index in [9.17, 15) is 18.4 Å². The SMILES string of the molecule is CC(=O)N1CCCCCCCN(C(=O)c2c(F)cccc2F)Cc2ccccc21. The highest BCUT2D eigenvalue weighted by Crippen LogP contribution is 2.26. The van der Waals surface area contributed by atoms with E-state index < -0.39 is 23.1 Å². The Hall–Kier alpha value is -2.76. The highest BCUT2D eigenvalue weighted by molar-refractivity contribution is 5.95. The number of fused-ring (bicyclic) bond motifs is 1. The van der Waals surface area contributed by atoms with Gasteiger partial charge < -0.3 is 9.80 Å². The summed E-state index contributed by atoms with van der Waals surface area (Å²) in [7, 11) is 0. The second kappa shape index (κ2) is 9.63. The molecule has 0 bridgehead atoms. The number of carbonyl (C=O) groups is 2. The lowest BCUT2D eigenvalue weighted by molar-refractivity contribution is -0.116. The lowest BCUT2D eigenvalue weighted by Crippen LogP contribution is -2.35. The van der Waals surface area contributed by atoms with Gasteiger partial charge in [-0.3, -0.25) is 9.59 Å². The molecule has 2 aromatic rings. The Morgan fingerprint density at radius 1 is 0.828 bits per heavy atom. The molecule has 0 spiro atoms. The van der Waals surface area contributed by atoms with Crippen molar-refractivity contribution in [3.63, 3.8) is 0 Å². The van der Waals surface area contributed by atoms with E-state index in [-0.39, 0.29) is 12.5 Å². The predicted octanol–water partition coefficient (Wildman–Crippen LogP) is 4.92. The first kappa shape index (κ1) is 21.0. The number of rotatable bonds is 1. The van der Waals surface area contributed by atoms with Gasteiger partial charge in [0.15, 0.2) is 0 Å².